The van der Waals surface area contributed by atoms with Gasteiger partial charge in [0, 0.05) is 0 Å². The zero-order chi connectivity index (χ0) is 12.7. The topological polar surface area (TPSA) is 38.3 Å². The van der Waals surface area contributed by atoms with Crippen molar-refractivity contribution in [2.24, 2.45) is 0 Å². The Morgan fingerprint density at radius 2 is 2.35 bits per heavy atom. The molecule has 0 radical (unpaired) electrons. The molecule has 1 unspecified atom stereocenters. The van der Waals surface area contributed by atoms with Gasteiger partial charge in [0.1, 0.15) is 6.04 Å². The van der Waals surface area contributed by atoms with Crippen LogP contribution in [0.2, 0.25) is 0 Å². The SMILES string of the molecule is C#CCNC(C(=O)OCC)c1cccc(C)c1. The van der Waals surface area contributed by atoms with Crippen LogP contribution in [0, 0.1) is 19.3 Å². The molecule has 1 aromatic rings. The maximum absolute atomic E-state index is 11.8. The maximum Gasteiger partial charge on any atom is 0.327 e. The Bertz CT molecular complexity index is 420. The highest BCUT2D eigenvalue weighted by Crippen LogP contribution is 2.16. The molecule has 0 aromatic heterocycles. The smallest absolute Gasteiger partial charge is 0.327 e. The summed E-state index contributed by atoms with van der Waals surface area (Å²) in [4.78, 5) is 11.8. The molecule has 0 saturated heterocycles. The predicted octanol–water partition coefficient (Wildman–Crippen LogP) is 1.82. The van der Waals surface area contributed by atoms with E-state index in [1.165, 1.54) is 0 Å². The highest BCUT2D eigenvalue weighted by molar-refractivity contribution is 5.77. The highest BCUT2D eigenvalue weighted by atomic mass is 16.5. The monoisotopic (exact) mass is 231 g/mol. The number of nitrogens with one attached hydrogen (secondary N) is 1. The van der Waals surface area contributed by atoms with Gasteiger partial charge in [0.25, 0.3) is 0 Å². The first kappa shape index (κ1) is 13.3. The van der Waals surface area contributed by atoms with Gasteiger partial charge in [-0.15, -0.1) is 6.42 Å². The molecular weight excluding hydrogens is 214 g/mol. The van der Waals surface area contributed by atoms with Crippen molar-refractivity contribution in [2.45, 2.75) is 19.9 Å². The lowest BCUT2D eigenvalue weighted by Crippen LogP contribution is -2.30. The summed E-state index contributed by atoms with van der Waals surface area (Å²) >= 11 is 0. The van der Waals surface area contributed by atoms with E-state index < -0.39 is 6.04 Å². The lowest BCUT2D eigenvalue weighted by atomic mass is 10.0. The zero-order valence-corrected chi connectivity index (χ0v) is 10.2. The fourth-order valence-corrected chi connectivity index (χ4v) is 1.57. The fraction of sp³-hybridized carbons (Fsp3) is 0.357. The number of terminal acetylenes is 1. The molecule has 0 saturated carbocycles. The number of ether oxygens (including phenoxy) is 1. The Morgan fingerprint density at radius 3 is 2.94 bits per heavy atom. The first-order valence-electron chi connectivity index (χ1n) is 5.59. The molecule has 0 aliphatic rings. The second-order valence-corrected chi connectivity index (χ2v) is 3.68. The standard InChI is InChI=1S/C14H17NO2/c1-4-9-15-13(14(16)17-5-2)12-8-6-7-11(3)10-12/h1,6-8,10,13,15H,5,9H2,2-3H3. The van der Waals surface area contributed by atoms with Gasteiger partial charge >= 0.3 is 5.97 Å². The second kappa shape index (κ2) is 6.72. The minimum Gasteiger partial charge on any atom is -0.465 e. The molecule has 3 heteroatoms. The molecular formula is C14H17NO2. The summed E-state index contributed by atoms with van der Waals surface area (Å²) in [7, 11) is 0. The summed E-state index contributed by atoms with van der Waals surface area (Å²) in [5.41, 5.74) is 1.97. The fourth-order valence-electron chi connectivity index (χ4n) is 1.57. The summed E-state index contributed by atoms with van der Waals surface area (Å²) in [5.74, 6) is 2.16. The predicted molar refractivity (Wildman–Crippen MR) is 67.4 cm³/mol. The van der Waals surface area contributed by atoms with Crippen molar-refractivity contribution in [3.63, 3.8) is 0 Å². The van der Waals surface area contributed by atoms with Crippen LogP contribution < -0.4 is 5.32 Å². The lowest BCUT2D eigenvalue weighted by molar-refractivity contribution is -0.145. The Morgan fingerprint density at radius 1 is 1.59 bits per heavy atom. The van der Waals surface area contributed by atoms with Crippen molar-refractivity contribution in [3.8, 4) is 12.3 Å². The second-order valence-electron chi connectivity index (χ2n) is 3.68. The molecule has 0 spiro atoms. The molecule has 0 amide bonds. The van der Waals surface area contributed by atoms with Crippen molar-refractivity contribution in [1.29, 1.82) is 0 Å². The molecule has 1 atom stereocenters. The minimum atomic E-state index is -0.495. The molecule has 3 nitrogen and oxygen atoms in total. The Balaban J connectivity index is 2.89. The molecule has 17 heavy (non-hydrogen) atoms. The summed E-state index contributed by atoms with van der Waals surface area (Å²) in [6.45, 7) is 4.45. The van der Waals surface area contributed by atoms with Crippen molar-refractivity contribution < 1.29 is 9.53 Å². The molecule has 1 N–H and O–H groups in total. The third kappa shape index (κ3) is 3.93. The van der Waals surface area contributed by atoms with E-state index in [1.807, 2.05) is 31.2 Å². The number of rotatable bonds is 5. The Kier molecular flexibility index (Phi) is 5.25. The first-order valence-corrected chi connectivity index (χ1v) is 5.59. The average molecular weight is 231 g/mol. The van der Waals surface area contributed by atoms with Crippen molar-refractivity contribution in [1.82, 2.24) is 5.32 Å². The average Bonchev–Trinajstić information content (AvgIpc) is 2.30. The van der Waals surface area contributed by atoms with Gasteiger partial charge in [0.15, 0.2) is 0 Å². The van der Waals surface area contributed by atoms with E-state index >= 15 is 0 Å². The largest absolute Gasteiger partial charge is 0.465 e. The van der Waals surface area contributed by atoms with Gasteiger partial charge in [-0.05, 0) is 19.4 Å². The third-order valence-corrected chi connectivity index (χ3v) is 2.31. The number of aryl methyl sites for hydroxylation is 1. The van der Waals surface area contributed by atoms with E-state index in [4.69, 9.17) is 11.2 Å². The van der Waals surface area contributed by atoms with Gasteiger partial charge in [-0.25, -0.2) is 4.79 Å². The first-order chi connectivity index (χ1) is 8.19. The summed E-state index contributed by atoms with van der Waals surface area (Å²) in [6, 6.07) is 7.23. The molecule has 0 heterocycles. The molecule has 90 valence electrons. The Labute approximate surface area is 102 Å². The van der Waals surface area contributed by atoms with Gasteiger partial charge in [-0.2, -0.15) is 0 Å². The molecule has 0 fully saturated rings. The number of carbonyl (C=O) groups excluding carboxylic acids is 1. The number of esters is 1. The summed E-state index contributed by atoms with van der Waals surface area (Å²) in [6.07, 6.45) is 5.19. The van der Waals surface area contributed by atoms with Crippen molar-refractivity contribution in [2.75, 3.05) is 13.2 Å². The van der Waals surface area contributed by atoms with Crippen LogP contribution in [0.15, 0.2) is 24.3 Å². The molecule has 0 aliphatic carbocycles. The van der Waals surface area contributed by atoms with Gasteiger partial charge in [0.05, 0.1) is 13.2 Å². The van der Waals surface area contributed by atoms with Crippen LogP contribution in [0.1, 0.15) is 24.1 Å². The van der Waals surface area contributed by atoms with Crippen LogP contribution in [0.3, 0.4) is 0 Å². The molecule has 0 bridgehead atoms. The van der Waals surface area contributed by atoms with Crippen LogP contribution >= 0.6 is 0 Å². The van der Waals surface area contributed by atoms with E-state index in [0.29, 0.717) is 13.2 Å². The number of carbonyl (C=O) groups is 1. The van der Waals surface area contributed by atoms with Crippen LogP contribution in [0.25, 0.3) is 0 Å². The van der Waals surface area contributed by atoms with E-state index in [9.17, 15) is 4.79 Å². The van der Waals surface area contributed by atoms with E-state index in [2.05, 4.69) is 11.2 Å². The van der Waals surface area contributed by atoms with Gasteiger partial charge in [-0.1, -0.05) is 35.7 Å². The van der Waals surface area contributed by atoms with Gasteiger partial charge in [-0.3, -0.25) is 5.32 Å². The van der Waals surface area contributed by atoms with Crippen molar-refractivity contribution >= 4 is 5.97 Å². The molecule has 1 rings (SSSR count). The van der Waals surface area contributed by atoms with E-state index in [0.717, 1.165) is 11.1 Å². The van der Waals surface area contributed by atoms with Crippen LogP contribution in [-0.4, -0.2) is 19.1 Å². The van der Waals surface area contributed by atoms with Gasteiger partial charge < -0.3 is 4.74 Å². The maximum atomic E-state index is 11.8. The normalized spacial score (nSPS) is 11.6. The summed E-state index contributed by atoms with van der Waals surface area (Å²) in [5, 5.41) is 2.99. The van der Waals surface area contributed by atoms with Gasteiger partial charge in [0.2, 0.25) is 0 Å². The number of hydrogen-bond acceptors (Lipinski definition) is 3. The van der Waals surface area contributed by atoms with E-state index in [-0.39, 0.29) is 5.97 Å². The summed E-state index contributed by atoms with van der Waals surface area (Å²) < 4.78 is 5.03. The molecule has 0 aliphatic heterocycles. The van der Waals surface area contributed by atoms with Crippen LogP contribution in [0.5, 0.6) is 0 Å². The van der Waals surface area contributed by atoms with Crippen molar-refractivity contribution in [3.05, 3.63) is 35.4 Å². The lowest BCUT2D eigenvalue weighted by Gasteiger charge is -2.16. The minimum absolute atomic E-state index is 0.298. The number of benzene rings is 1. The van der Waals surface area contributed by atoms with Crippen LogP contribution in [-0.2, 0) is 9.53 Å². The van der Waals surface area contributed by atoms with E-state index in [1.54, 1.807) is 6.92 Å². The molecule has 1 aromatic carbocycles. The third-order valence-electron chi connectivity index (χ3n) is 2.31. The highest BCUT2D eigenvalue weighted by Gasteiger charge is 2.20. The number of hydrogen-bond donors (Lipinski definition) is 1. The Hall–Kier alpha value is -1.79. The van der Waals surface area contributed by atoms with Crippen LogP contribution in [0.4, 0.5) is 0 Å². The zero-order valence-electron chi connectivity index (χ0n) is 10.2. The quantitative estimate of drug-likeness (QED) is 0.620.